The first-order chi connectivity index (χ1) is 10.3. The molecule has 0 saturated heterocycles. The van der Waals surface area contributed by atoms with Crippen molar-refractivity contribution in [3.63, 3.8) is 0 Å². The average Bonchev–Trinajstić information content (AvgIpc) is 3.00. The van der Waals surface area contributed by atoms with E-state index in [1.165, 1.54) is 0 Å². The van der Waals surface area contributed by atoms with Gasteiger partial charge in [-0.2, -0.15) is 0 Å². The van der Waals surface area contributed by atoms with Crippen molar-refractivity contribution in [2.45, 2.75) is 26.3 Å². The number of aromatic nitrogens is 1. The van der Waals surface area contributed by atoms with Gasteiger partial charge in [0.2, 0.25) is 0 Å². The minimum absolute atomic E-state index is 0.0622. The molecule has 0 fully saturated rings. The third-order valence-electron chi connectivity index (χ3n) is 3.18. The van der Waals surface area contributed by atoms with Crippen LogP contribution in [0.4, 0.5) is 0 Å². The molecule has 0 spiro atoms. The fraction of sp³-hybridized carbons (Fsp3) is 0.375. The summed E-state index contributed by atoms with van der Waals surface area (Å²) in [6.45, 7) is 4.26. The summed E-state index contributed by atoms with van der Waals surface area (Å²) in [4.78, 5) is 16.0. The summed E-state index contributed by atoms with van der Waals surface area (Å²) < 4.78 is 5.25. The van der Waals surface area contributed by atoms with Gasteiger partial charge in [0, 0.05) is 31.9 Å². The SMILES string of the molecule is CCc1occc1C(=O)NCCCNCc1cccnc1. The van der Waals surface area contributed by atoms with Crippen molar-refractivity contribution in [3.05, 3.63) is 53.7 Å². The molecule has 0 atom stereocenters. The van der Waals surface area contributed by atoms with Crippen molar-refractivity contribution in [1.29, 1.82) is 0 Å². The Balaban J connectivity index is 1.61. The van der Waals surface area contributed by atoms with E-state index in [2.05, 4.69) is 15.6 Å². The van der Waals surface area contributed by atoms with Crippen LogP contribution >= 0.6 is 0 Å². The molecule has 2 rings (SSSR count). The Bertz CT molecular complexity index is 552. The molecule has 2 aromatic heterocycles. The number of furan rings is 1. The van der Waals surface area contributed by atoms with Gasteiger partial charge in [-0.25, -0.2) is 0 Å². The number of nitrogens with one attached hydrogen (secondary N) is 2. The van der Waals surface area contributed by atoms with Crippen LogP contribution in [0.25, 0.3) is 0 Å². The van der Waals surface area contributed by atoms with Crippen molar-refractivity contribution >= 4 is 5.91 Å². The summed E-state index contributed by atoms with van der Waals surface area (Å²) in [5.41, 5.74) is 1.80. The molecule has 2 heterocycles. The Hall–Kier alpha value is -2.14. The van der Waals surface area contributed by atoms with Crippen LogP contribution in [-0.2, 0) is 13.0 Å². The van der Waals surface area contributed by atoms with E-state index >= 15 is 0 Å². The minimum Gasteiger partial charge on any atom is -0.469 e. The Morgan fingerprint density at radius 3 is 3.00 bits per heavy atom. The van der Waals surface area contributed by atoms with Crippen molar-refractivity contribution < 1.29 is 9.21 Å². The third-order valence-corrected chi connectivity index (χ3v) is 3.18. The molecule has 0 radical (unpaired) electrons. The van der Waals surface area contributed by atoms with E-state index in [9.17, 15) is 4.79 Å². The molecule has 0 bridgehead atoms. The van der Waals surface area contributed by atoms with Crippen LogP contribution in [0, 0.1) is 0 Å². The van der Waals surface area contributed by atoms with Crippen LogP contribution in [-0.4, -0.2) is 24.0 Å². The van der Waals surface area contributed by atoms with Crippen LogP contribution in [0.5, 0.6) is 0 Å². The van der Waals surface area contributed by atoms with Crippen LogP contribution < -0.4 is 10.6 Å². The van der Waals surface area contributed by atoms with Crippen molar-refractivity contribution in [2.75, 3.05) is 13.1 Å². The average molecular weight is 287 g/mol. The quantitative estimate of drug-likeness (QED) is 0.730. The summed E-state index contributed by atoms with van der Waals surface area (Å²) in [5, 5.41) is 6.23. The summed E-state index contributed by atoms with van der Waals surface area (Å²) in [7, 11) is 0. The minimum atomic E-state index is -0.0622. The van der Waals surface area contributed by atoms with Gasteiger partial charge in [-0.15, -0.1) is 0 Å². The molecule has 5 heteroatoms. The Morgan fingerprint density at radius 1 is 1.33 bits per heavy atom. The molecule has 0 unspecified atom stereocenters. The van der Waals surface area contributed by atoms with Gasteiger partial charge in [0.05, 0.1) is 11.8 Å². The van der Waals surface area contributed by atoms with Crippen LogP contribution in [0.15, 0.2) is 41.3 Å². The van der Waals surface area contributed by atoms with E-state index in [4.69, 9.17) is 4.42 Å². The first kappa shape index (κ1) is 15.3. The van der Waals surface area contributed by atoms with E-state index < -0.39 is 0 Å². The molecule has 0 aliphatic carbocycles. The van der Waals surface area contributed by atoms with Crippen LogP contribution in [0.2, 0.25) is 0 Å². The van der Waals surface area contributed by atoms with Crippen molar-refractivity contribution in [2.24, 2.45) is 0 Å². The lowest BCUT2D eigenvalue weighted by Gasteiger charge is -2.06. The zero-order valence-electron chi connectivity index (χ0n) is 12.3. The second-order valence-electron chi connectivity index (χ2n) is 4.76. The number of pyridine rings is 1. The second kappa shape index (κ2) is 8.21. The summed E-state index contributed by atoms with van der Waals surface area (Å²) in [6, 6.07) is 5.68. The summed E-state index contributed by atoms with van der Waals surface area (Å²) in [5.74, 6) is 0.676. The molecule has 2 aromatic rings. The highest BCUT2D eigenvalue weighted by atomic mass is 16.3. The van der Waals surface area contributed by atoms with Gasteiger partial charge in [-0.1, -0.05) is 13.0 Å². The van der Waals surface area contributed by atoms with Gasteiger partial charge in [0.15, 0.2) is 0 Å². The van der Waals surface area contributed by atoms with E-state index in [-0.39, 0.29) is 5.91 Å². The Morgan fingerprint density at radius 2 is 2.24 bits per heavy atom. The monoisotopic (exact) mass is 287 g/mol. The molecule has 0 saturated carbocycles. The van der Waals surface area contributed by atoms with Crippen molar-refractivity contribution in [1.82, 2.24) is 15.6 Å². The standard InChI is InChI=1S/C16H21N3O2/c1-2-15-14(6-10-21-15)16(20)19-9-4-8-18-12-13-5-3-7-17-11-13/h3,5-7,10-11,18H,2,4,8-9,12H2,1H3,(H,19,20). The number of hydrogen-bond acceptors (Lipinski definition) is 4. The Kier molecular flexibility index (Phi) is 5.97. The molecule has 5 nitrogen and oxygen atoms in total. The maximum Gasteiger partial charge on any atom is 0.254 e. The number of hydrogen-bond donors (Lipinski definition) is 2. The van der Waals surface area contributed by atoms with E-state index in [1.54, 1.807) is 18.5 Å². The molecule has 0 aliphatic rings. The lowest BCUT2D eigenvalue weighted by molar-refractivity contribution is 0.0951. The highest BCUT2D eigenvalue weighted by Crippen LogP contribution is 2.10. The number of carbonyl (C=O) groups is 1. The fourth-order valence-corrected chi connectivity index (χ4v) is 2.06. The maximum absolute atomic E-state index is 11.9. The van der Waals surface area contributed by atoms with Gasteiger partial charge < -0.3 is 15.1 Å². The van der Waals surface area contributed by atoms with E-state index in [0.717, 1.165) is 37.3 Å². The number of carbonyl (C=O) groups excluding carboxylic acids is 1. The van der Waals surface area contributed by atoms with Crippen LogP contribution in [0.3, 0.4) is 0 Å². The van der Waals surface area contributed by atoms with Gasteiger partial charge in [0.25, 0.3) is 5.91 Å². The molecule has 112 valence electrons. The molecule has 0 aliphatic heterocycles. The molecular weight excluding hydrogens is 266 g/mol. The zero-order chi connectivity index (χ0) is 14.9. The molecular formula is C16H21N3O2. The lowest BCUT2D eigenvalue weighted by Crippen LogP contribution is -2.27. The van der Waals surface area contributed by atoms with E-state index in [0.29, 0.717) is 12.1 Å². The predicted octanol–water partition coefficient (Wildman–Crippen LogP) is 2.15. The zero-order valence-corrected chi connectivity index (χ0v) is 12.3. The van der Waals surface area contributed by atoms with E-state index in [1.807, 2.05) is 25.3 Å². The first-order valence-corrected chi connectivity index (χ1v) is 7.25. The van der Waals surface area contributed by atoms with Gasteiger partial charge >= 0.3 is 0 Å². The predicted molar refractivity (Wildman–Crippen MR) is 81.0 cm³/mol. The topological polar surface area (TPSA) is 67.2 Å². The second-order valence-corrected chi connectivity index (χ2v) is 4.76. The number of rotatable bonds is 8. The molecule has 1 amide bonds. The van der Waals surface area contributed by atoms with Gasteiger partial charge in [-0.05, 0) is 30.7 Å². The molecule has 21 heavy (non-hydrogen) atoms. The first-order valence-electron chi connectivity index (χ1n) is 7.25. The molecule has 2 N–H and O–H groups in total. The number of amides is 1. The number of nitrogens with zero attached hydrogens (tertiary/aromatic N) is 1. The van der Waals surface area contributed by atoms with Gasteiger partial charge in [0.1, 0.15) is 5.76 Å². The smallest absolute Gasteiger partial charge is 0.254 e. The van der Waals surface area contributed by atoms with Gasteiger partial charge in [-0.3, -0.25) is 9.78 Å². The normalized spacial score (nSPS) is 10.5. The van der Waals surface area contributed by atoms with Crippen molar-refractivity contribution in [3.8, 4) is 0 Å². The fourth-order valence-electron chi connectivity index (χ4n) is 2.06. The number of aryl methyl sites for hydroxylation is 1. The third kappa shape index (κ3) is 4.72. The van der Waals surface area contributed by atoms with Crippen LogP contribution in [0.1, 0.15) is 35.0 Å². The Labute approximate surface area is 124 Å². The molecule has 0 aromatic carbocycles. The summed E-state index contributed by atoms with van der Waals surface area (Å²) >= 11 is 0. The largest absolute Gasteiger partial charge is 0.469 e. The summed E-state index contributed by atoms with van der Waals surface area (Å²) in [6.07, 6.45) is 6.77. The maximum atomic E-state index is 11.9. The highest BCUT2D eigenvalue weighted by Gasteiger charge is 2.12. The highest BCUT2D eigenvalue weighted by molar-refractivity contribution is 5.95. The lowest BCUT2D eigenvalue weighted by atomic mass is 10.2.